The minimum Gasteiger partial charge on any atom is -0.404 e. The Morgan fingerprint density at radius 3 is 2.45 bits per heavy atom. The molecule has 31 heavy (non-hydrogen) atoms. The summed E-state index contributed by atoms with van der Waals surface area (Å²) in [6.45, 7) is 0. The SMILES string of the molecule is CNc1cc(C(=CN)c2ccc(-c3cnn(C)c3)cn2)cc(-c2ccc(F)cc2F)c1. The minimum atomic E-state index is -0.628. The fourth-order valence-electron chi connectivity index (χ4n) is 3.43. The third-order valence-electron chi connectivity index (χ3n) is 5.02. The third-order valence-corrected chi connectivity index (χ3v) is 5.02. The van der Waals surface area contributed by atoms with Crippen molar-refractivity contribution in [1.29, 1.82) is 0 Å². The van der Waals surface area contributed by atoms with Crippen molar-refractivity contribution in [2.75, 3.05) is 12.4 Å². The molecule has 4 aromatic rings. The zero-order valence-electron chi connectivity index (χ0n) is 17.1. The van der Waals surface area contributed by atoms with Crippen molar-refractivity contribution < 1.29 is 8.78 Å². The Balaban J connectivity index is 1.75. The number of rotatable bonds is 5. The summed E-state index contributed by atoms with van der Waals surface area (Å²) in [7, 11) is 3.63. The molecule has 7 heteroatoms. The van der Waals surface area contributed by atoms with Crippen LogP contribution >= 0.6 is 0 Å². The number of hydrogen-bond donors (Lipinski definition) is 2. The van der Waals surface area contributed by atoms with Crippen molar-refractivity contribution in [2.24, 2.45) is 12.8 Å². The van der Waals surface area contributed by atoms with Crippen LogP contribution < -0.4 is 11.1 Å². The molecule has 0 unspecified atom stereocenters. The Kier molecular flexibility index (Phi) is 5.49. The first-order chi connectivity index (χ1) is 15.0. The van der Waals surface area contributed by atoms with Crippen molar-refractivity contribution in [2.45, 2.75) is 0 Å². The molecule has 4 rings (SSSR count). The monoisotopic (exact) mass is 417 g/mol. The standard InChI is InChI=1S/C24H21F2N5/c1-28-20-8-16(21-5-4-19(25)10-23(21)26)7-17(9-20)22(11-27)24-6-3-15(12-29-24)18-13-30-31(2)14-18/h3-14,28H,27H2,1-2H3. The van der Waals surface area contributed by atoms with Gasteiger partial charge in [0.1, 0.15) is 11.6 Å². The lowest BCUT2D eigenvalue weighted by molar-refractivity contribution is 0.585. The topological polar surface area (TPSA) is 68.8 Å². The second-order valence-corrected chi connectivity index (χ2v) is 7.09. The van der Waals surface area contributed by atoms with Crippen LogP contribution in [-0.2, 0) is 7.05 Å². The summed E-state index contributed by atoms with van der Waals surface area (Å²) < 4.78 is 29.5. The molecule has 2 aromatic heterocycles. The van der Waals surface area contributed by atoms with Gasteiger partial charge in [0.25, 0.3) is 0 Å². The minimum absolute atomic E-state index is 0.302. The van der Waals surface area contributed by atoms with Crippen LogP contribution in [0.2, 0.25) is 0 Å². The number of aryl methyl sites for hydroxylation is 1. The Hall–Kier alpha value is -4.00. The predicted molar refractivity (Wildman–Crippen MR) is 119 cm³/mol. The van der Waals surface area contributed by atoms with E-state index < -0.39 is 11.6 Å². The quantitative estimate of drug-likeness (QED) is 0.489. The summed E-state index contributed by atoms with van der Waals surface area (Å²) in [6, 6.07) is 12.9. The normalized spacial score (nSPS) is 11.5. The molecule has 3 N–H and O–H groups in total. The van der Waals surface area contributed by atoms with Crippen molar-refractivity contribution in [3.8, 4) is 22.3 Å². The molecule has 2 heterocycles. The van der Waals surface area contributed by atoms with Crippen molar-refractivity contribution in [3.05, 3.63) is 96.2 Å². The average Bonchev–Trinajstić information content (AvgIpc) is 3.21. The first-order valence-corrected chi connectivity index (χ1v) is 9.64. The van der Waals surface area contributed by atoms with Gasteiger partial charge >= 0.3 is 0 Å². The third kappa shape index (κ3) is 4.16. The van der Waals surface area contributed by atoms with E-state index in [0.717, 1.165) is 28.4 Å². The summed E-state index contributed by atoms with van der Waals surface area (Å²) in [4.78, 5) is 4.57. The van der Waals surface area contributed by atoms with Crippen molar-refractivity contribution in [1.82, 2.24) is 14.8 Å². The van der Waals surface area contributed by atoms with Gasteiger partial charge in [0.2, 0.25) is 0 Å². The smallest absolute Gasteiger partial charge is 0.133 e. The van der Waals surface area contributed by atoms with Crippen molar-refractivity contribution in [3.63, 3.8) is 0 Å². The molecule has 156 valence electrons. The number of anilines is 1. The lowest BCUT2D eigenvalue weighted by Crippen LogP contribution is -1.99. The van der Waals surface area contributed by atoms with Gasteiger partial charge in [-0.25, -0.2) is 8.78 Å². The number of nitrogens with two attached hydrogens (primary N) is 1. The summed E-state index contributed by atoms with van der Waals surface area (Å²) in [5.74, 6) is -1.25. The fraction of sp³-hybridized carbons (Fsp3) is 0.0833. The summed E-state index contributed by atoms with van der Waals surface area (Å²) in [5.41, 5.74) is 11.7. The number of benzene rings is 2. The summed E-state index contributed by atoms with van der Waals surface area (Å²) in [5, 5.41) is 7.26. The average molecular weight is 417 g/mol. The van der Waals surface area contributed by atoms with Crippen LogP contribution in [0, 0.1) is 11.6 Å². The highest BCUT2D eigenvalue weighted by Crippen LogP contribution is 2.32. The van der Waals surface area contributed by atoms with Crippen LogP contribution in [0.1, 0.15) is 11.3 Å². The number of nitrogens with one attached hydrogen (secondary N) is 1. The van der Waals surface area contributed by atoms with Gasteiger partial charge in [-0.15, -0.1) is 0 Å². The van der Waals surface area contributed by atoms with Gasteiger partial charge in [0.05, 0.1) is 11.9 Å². The van der Waals surface area contributed by atoms with E-state index in [4.69, 9.17) is 5.73 Å². The first kappa shape index (κ1) is 20.3. The highest BCUT2D eigenvalue weighted by molar-refractivity contribution is 5.83. The van der Waals surface area contributed by atoms with Gasteiger partial charge in [0, 0.05) is 66.7 Å². The first-order valence-electron chi connectivity index (χ1n) is 9.64. The molecule has 5 nitrogen and oxygen atoms in total. The van der Waals surface area contributed by atoms with Gasteiger partial charge in [-0.2, -0.15) is 5.10 Å². The van der Waals surface area contributed by atoms with E-state index >= 15 is 0 Å². The number of nitrogens with zero attached hydrogens (tertiary/aromatic N) is 3. The maximum absolute atomic E-state index is 14.4. The van der Waals surface area contributed by atoms with Gasteiger partial charge in [-0.3, -0.25) is 9.67 Å². The van der Waals surface area contributed by atoms with Gasteiger partial charge in [-0.1, -0.05) is 6.07 Å². The van der Waals surface area contributed by atoms with E-state index in [1.54, 1.807) is 30.2 Å². The maximum atomic E-state index is 14.4. The van der Waals surface area contributed by atoms with E-state index in [9.17, 15) is 8.78 Å². The van der Waals surface area contributed by atoms with Gasteiger partial charge < -0.3 is 11.1 Å². The van der Waals surface area contributed by atoms with Crippen LogP contribution in [-0.4, -0.2) is 21.8 Å². The Bertz CT molecular complexity index is 1260. The van der Waals surface area contributed by atoms with Crippen LogP contribution in [0.4, 0.5) is 14.5 Å². The van der Waals surface area contributed by atoms with Crippen LogP contribution in [0.15, 0.2) is 73.3 Å². The molecular weight excluding hydrogens is 396 g/mol. The van der Waals surface area contributed by atoms with Gasteiger partial charge in [0.15, 0.2) is 0 Å². The second kappa shape index (κ2) is 8.39. The molecule has 0 radical (unpaired) electrons. The lowest BCUT2D eigenvalue weighted by Gasteiger charge is -2.13. The Labute approximate surface area is 178 Å². The molecule has 0 fully saturated rings. The van der Waals surface area contributed by atoms with Gasteiger partial charge in [-0.05, 0) is 47.5 Å². The highest BCUT2D eigenvalue weighted by atomic mass is 19.1. The zero-order valence-corrected chi connectivity index (χ0v) is 17.1. The molecule has 0 saturated heterocycles. The molecule has 0 atom stereocenters. The summed E-state index contributed by atoms with van der Waals surface area (Å²) in [6.07, 6.45) is 6.93. The van der Waals surface area contributed by atoms with E-state index in [1.807, 2.05) is 37.5 Å². The lowest BCUT2D eigenvalue weighted by atomic mass is 9.96. The zero-order chi connectivity index (χ0) is 22.0. The molecule has 2 aromatic carbocycles. The van der Waals surface area contributed by atoms with E-state index in [-0.39, 0.29) is 0 Å². The van der Waals surface area contributed by atoms with E-state index in [1.165, 1.54) is 18.3 Å². The molecular formula is C24H21F2N5. The molecule has 0 saturated carbocycles. The van der Waals surface area contributed by atoms with Crippen LogP contribution in [0.25, 0.3) is 27.8 Å². The predicted octanol–water partition coefficient (Wildman–Crippen LogP) is 4.82. The number of hydrogen-bond acceptors (Lipinski definition) is 4. The Morgan fingerprint density at radius 1 is 1.00 bits per heavy atom. The largest absolute Gasteiger partial charge is 0.404 e. The molecule has 0 aliphatic carbocycles. The molecule has 0 aliphatic rings. The van der Waals surface area contributed by atoms with E-state index in [0.29, 0.717) is 22.4 Å². The van der Waals surface area contributed by atoms with E-state index in [2.05, 4.69) is 15.4 Å². The highest BCUT2D eigenvalue weighted by Gasteiger charge is 2.13. The molecule has 0 bridgehead atoms. The maximum Gasteiger partial charge on any atom is 0.133 e. The molecule has 0 amide bonds. The number of aromatic nitrogens is 3. The molecule has 0 aliphatic heterocycles. The Morgan fingerprint density at radius 2 is 1.84 bits per heavy atom. The van der Waals surface area contributed by atoms with Crippen LogP contribution in [0.3, 0.4) is 0 Å². The van der Waals surface area contributed by atoms with Crippen molar-refractivity contribution >= 4 is 11.3 Å². The molecule has 0 spiro atoms. The van der Waals surface area contributed by atoms with Crippen LogP contribution in [0.5, 0.6) is 0 Å². The second-order valence-electron chi connectivity index (χ2n) is 7.09. The fourth-order valence-corrected chi connectivity index (χ4v) is 3.43. The summed E-state index contributed by atoms with van der Waals surface area (Å²) >= 11 is 0. The number of halogens is 2. The number of pyridine rings is 1.